The number of thioether (sulfide) groups is 1. The zero-order chi connectivity index (χ0) is 14.8. The highest BCUT2D eigenvalue weighted by molar-refractivity contribution is 8.00. The van der Waals surface area contributed by atoms with E-state index in [-0.39, 0.29) is 11.7 Å². The van der Waals surface area contributed by atoms with E-state index in [0.717, 1.165) is 16.9 Å². The largest absolute Gasteiger partial charge is 0.480 e. The average Bonchev–Trinajstić information content (AvgIpc) is 2.32. The van der Waals surface area contributed by atoms with Crippen LogP contribution in [0.3, 0.4) is 0 Å². The van der Waals surface area contributed by atoms with Gasteiger partial charge < -0.3 is 10.4 Å². The van der Waals surface area contributed by atoms with Crippen molar-refractivity contribution in [1.29, 1.82) is 0 Å². The van der Waals surface area contributed by atoms with E-state index in [1.54, 1.807) is 0 Å². The van der Waals surface area contributed by atoms with Crippen LogP contribution < -0.4 is 5.32 Å². The van der Waals surface area contributed by atoms with Gasteiger partial charge in [0.1, 0.15) is 5.54 Å². The van der Waals surface area contributed by atoms with E-state index in [1.165, 1.54) is 17.3 Å². The third-order valence-electron chi connectivity index (χ3n) is 3.68. The first-order valence-electron chi connectivity index (χ1n) is 6.67. The van der Waals surface area contributed by atoms with Gasteiger partial charge in [-0.05, 0) is 44.7 Å². The zero-order valence-corrected chi connectivity index (χ0v) is 12.5. The fourth-order valence-corrected chi connectivity index (χ4v) is 3.14. The number of amides is 1. The number of carboxylic acid groups (broad SMARTS) is 1. The predicted molar refractivity (Wildman–Crippen MR) is 79.0 cm³/mol. The molecule has 0 aliphatic heterocycles. The van der Waals surface area contributed by atoms with Gasteiger partial charge in [0.2, 0.25) is 5.91 Å². The van der Waals surface area contributed by atoms with Crippen LogP contribution in [0.2, 0.25) is 0 Å². The van der Waals surface area contributed by atoms with E-state index in [1.807, 2.05) is 26.0 Å². The Kier molecular flexibility index (Phi) is 4.38. The molecule has 2 N–H and O–H groups in total. The number of benzene rings is 1. The normalized spacial score (nSPS) is 16.3. The number of rotatable bonds is 5. The number of carbonyl (C=O) groups is 2. The van der Waals surface area contributed by atoms with Gasteiger partial charge in [0, 0.05) is 4.90 Å². The molecule has 0 heterocycles. The van der Waals surface area contributed by atoms with Crippen molar-refractivity contribution >= 4 is 23.6 Å². The summed E-state index contributed by atoms with van der Waals surface area (Å²) in [7, 11) is 0. The molecule has 0 bridgehead atoms. The summed E-state index contributed by atoms with van der Waals surface area (Å²) in [5.41, 5.74) is 1.31. The summed E-state index contributed by atoms with van der Waals surface area (Å²) < 4.78 is 0. The van der Waals surface area contributed by atoms with Crippen LogP contribution in [0.1, 0.15) is 30.4 Å². The maximum atomic E-state index is 11.9. The smallest absolute Gasteiger partial charge is 0.329 e. The number of nitrogens with one attached hydrogen (secondary N) is 1. The fourth-order valence-electron chi connectivity index (χ4n) is 2.33. The summed E-state index contributed by atoms with van der Waals surface area (Å²) >= 11 is 1.45. The second-order valence-electron chi connectivity index (χ2n) is 5.35. The van der Waals surface area contributed by atoms with Crippen LogP contribution in [0.5, 0.6) is 0 Å². The highest BCUT2D eigenvalue weighted by atomic mass is 32.2. The highest BCUT2D eigenvalue weighted by Gasteiger charge is 2.45. The SMILES string of the molecule is Cc1ccc(SCC(=O)NC2(C(=O)O)CCC2)c(C)c1. The molecule has 1 fully saturated rings. The minimum atomic E-state index is -1.01. The van der Waals surface area contributed by atoms with Crippen molar-refractivity contribution < 1.29 is 14.7 Å². The zero-order valence-electron chi connectivity index (χ0n) is 11.7. The summed E-state index contributed by atoms with van der Waals surface area (Å²) in [4.78, 5) is 24.2. The van der Waals surface area contributed by atoms with Gasteiger partial charge in [-0.2, -0.15) is 0 Å². The van der Waals surface area contributed by atoms with Crippen molar-refractivity contribution in [2.45, 2.75) is 43.5 Å². The minimum absolute atomic E-state index is 0.211. The fraction of sp³-hybridized carbons (Fsp3) is 0.467. The number of hydrogen-bond acceptors (Lipinski definition) is 3. The first-order valence-corrected chi connectivity index (χ1v) is 7.66. The van der Waals surface area contributed by atoms with Crippen LogP contribution in [0.4, 0.5) is 0 Å². The summed E-state index contributed by atoms with van der Waals surface area (Å²) in [6.07, 6.45) is 1.92. The van der Waals surface area contributed by atoms with Gasteiger partial charge in [0.25, 0.3) is 0 Å². The second-order valence-corrected chi connectivity index (χ2v) is 6.36. The molecular weight excluding hydrogens is 274 g/mol. The molecule has 0 aromatic heterocycles. The number of carbonyl (C=O) groups excluding carboxylic acids is 1. The Balaban J connectivity index is 1.91. The maximum Gasteiger partial charge on any atom is 0.329 e. The standard InChI is InChI=1S/C15H19NO3S/c1-10-4-5-12(11(2)8-10)20-9-13(17)16-15(14(18)19)6-3-7-15/h4-5,8H,3,6-7,9H2,1-2H3,(H,16,17)(H,18,19). The van der Waals surface area contributed by atoms with Gasteiger partial charge in [0.15, 0.2) is 0 Å². The second kappa shape index (κ2) is 5.87. The van der Waals surface area contributed by atoms with Crippen LogP contribution in [-0.2, 0) is 9.59 Å². The van der Waals surface area contributed by atoms with Crippen molar-refractivity contribution in [2.75, 3.05) is 5.75 Å². The third kappa shape index (κ3) is 3.15. The molecule has 0 saturated heterocycles. The lowest BCUT2D eigenvalue weighted by molar-refractivity contribution is -0.151. The molecule has 0 unspecified atom stereocenters. The van der Waals surface area contributed by atoms with Gasteiger partial charge in [-0.1, -0.05) is 17.7 Å². The lowest BCUT2D eigenvalue weighted by Crippen LogP contribution is -2.59. The van der Waals surface area contributed by atoms with Crippen molar-refractivity contribution in [3.8, 4) is 0 Å². The van der Waals surface area contributed by atoms with Crippen LogP contribution in [0, 0.1) is 13.8 Å². The Bertz CT molecular complexity index is 538. The Morgan fingerprint density at radius 1 is 1.35 bits per heavy atom. The lowest BCUT2D eigenvalue weighted by Gasteiger charge is -2.38. The minimum Gasteiger partial charge on any atom is -0.480 e. The molecular formula is C15H19NO3S. The van der Waals surface area contributed by atoms with Gasteiger partial charge in [0.05, 0.1) is 5.75 Å². The van der Waals surface area contributed by atoms with Gasteiger partial charge >= 0.3 is 5.97 Å². The first-order chi connectivity index (χ1) is 9.43. The van der Waals surface area contributed by atoms with E-state index in [4.69, 9.17) is 0 Å². The first kappa shape index (κ1) is 14.9. The molecule has 1 saturated carbocycles. The van der Waals surface area contributed by atoms with Crippen molar-refractivity contribution in [1.82, 2.24) is 5.32 Å². The van der Waals surface area contributed by atoms with Gasteiger partial charge in [-0.15, -0.1) is 11.8 Å². The molecule has 2 rings (SSSR count). The summed E-state index contributed by atoms with van der Waals surface area (Å²) in [5, 5.41) is 11.8. The predicted octanol–water partition coefficient (Wildman–Crippen LogP) is 2.52. The van der Waals surface area contributed by atoms with Gasteiger partial charge in [-0.25, -0.2) is 4.79 Å². The number of aryl methyl sites for hydroxylation is 2. The summed E-state index contributed by atoms with van der Waals surface area (Å²) in [6, 6.07) is 6.09. The summed E-state index contributed by atoms with van der Waals surface area (Å²) in [5.74, 6) is -0.885. The molecule has 108 valence electrons. The molecule has 1 aliphatic rings. The molecule has 0 atom stereocenters. The lowest BCUT2D eigenvalue weighted by atomic mass is 9.77. The van der Waals surface area contributed by atoms with Crippen LogP contribution in [0.15, 0.2) is 23.1 Å². The topological polar surface area (TPSA) is 66.4 Å². The van der Waals surface area contributed by atoms with E-state index in [2.05, 4.69) is 11.4 Å². The monoisotopic (exact) mass is 293 g/mol. The van der Waals surface area contributed by atoms with Crippen LogP contribution >= 0.6 is 11.8 Å². The average molecular weight is 293 g/mol. The Hall–Kier alpha value is -1.49. The number of carboxylic acids is 1. The molecule has 1 aromatic rings. The van der Waals surface area contributed by atoms with Crippen LogP contribution in [-0.4, -0.2) is 28.3 Å². The van der Waals surface area contributed by atoms with E-state index in [0.29, 0.717) is 12.8 Å². The van der Waals surface area contributed by atoms with E-state index >= 15 is 0 Å². The summed E-state index contributed by atoms with van der Waals surface area (Å²) in [6.45, 7) is 4.04. The van der Waals surface area contributed by atoms with Crippen LogP contribution in [0.25, 0.3) is 0 Å². The molecule has 4 nitrogen and oxygen atoms in total. The number of hydrogen-bond donors (Lipinski definition) is 2. The van der Waals surface area contributed by atoms with Crippen molar-refractivity contribution in [2.24, 2.45) is 0 Å². The molecule has 0 spiro atoms. The molecule has 20 heavy (non-hydrogen) atoms. The van der Waals surface area contributed by atoms with E-state index in [9.17, 15) is 14.7 Å². The number of aliphatic carboxylic acids is 1. The van der Waals surface area contributed by atoms with Crippen molar-refractivity contribution in [3.05, 3.63) is 29.3 Å². The van der Waals surface area contributed by atoms with Gasteiger partial charge in [-0.3, -0.25) is 4.79 Å². The van der Waals surface area contributed by atoms with E-state index < -0.39 is 11.5 Å². The third-order valence-corrected chi connectivity index (χ3v) is 4.86. The maximum absolute atomic E-state index is 11.9. The Morgan fingerprint density at radius 2 is 2.05 bits per heavy atom. The van der Waals surface area contributed by atoms with Crippen molar-refractivity contribution in [3.63, 3.8) is 0 Å². The molecule has 1 aromatic carbocycles. The molecule has 5 heteroatoms. The Morgan fingerprint density at radius 3 is 2.55 bits per heavy atom. The molecule has 0 radical (unpaired) electrons. The molecule has 1 aliphatic carbocycles. The Labute approximate surface area is 123 Å². The molecule has 1 amide bonds. The quantitative estimate of drug-likeness (QED) is 0.819. The highest BCUT2D eigenvalue weighted by Crippen LogP contribution is 2.32.